The van der Waals surface area contributed by atoms with Crippen LogP contribution in [-0.2, 0) is 37.1 Å². The number of hydrogen-bond donors (Lipinski definition) is 3. The lowest BCUT2D eigenvalue weighted by molar-refractivity contribution is 0.00699. The van der Waals surface area contributed by atoms with Gasteiger partial charge in [-0.2, -0.15) is 5.26 Å². The predicted octanol–water partition coefficient (Wildman–Crippen LogP) is 6.40. The second-order valence-corrected chi connectivity index (χ2v) is 13.2. The van der Waals surface area contributed by atoms with Crippen molar-refractivity contribution >= 4 is 45.2 Å². The summed E-state index contributed by atoms with van der Waals surface area (Å²) in [6, 6.07) is 1.95. The fourth-order valence-corrected chi connectivity index (χ4v) is 7.82. The lowest BCUT2D eigenvalue weighted by Gasteiger charge is -2.21. The number of carbonyl (C=O) groups excluding carboxylic acids is 2. The normalized spacial score (nSPS) is 16.7. The zero-order chi connectivity index (χ0) is 27.6. The summed E-state index contributed by atoms with van der Waals surface area (Å²) in [6.07, 6.45) is 13.3. The zero-order valence-electron chi connectivity index (χ0n) is 22.7. The molecular formula is C30H34N4O3S2. The Morgan fingerprint density at radius 1 is 1.13 bits per heavy atom. The molecule has 0 saturated heterocycles. The molecule has 0 spiro atoms. The maximum atomic E-state index is 13.2. The summed E-state index contributed by atoms with van der Waals surface area (Å²) in [7, 11) is 0. The van der Waals surface area contributed by atoms with Gasteiger partial charge in [-0.15, -0.1) is 22.7 Å². The van der Waals surface area contributed by atoms with Crippen molar-refractivity contribution in [3.8, 4) is 6.07 Å². The number of thiophene rings is 2. The summed E-state index contributed by atoms with van der Waals surface area (Å²) in [6.45, 7) is 7.61. The number of urea groups is 1. The van der Waals surface area contributed by atoms with Crippen molar-refractivity contribution < 1.29 is 14.3 Å². The number of nitriles is 1. The number of nitrogens with zero attached hydrogens (tertiary/aromatic N) is 1. The number of aryl methyl sites for hydroxylation is 1. The molecule has 0 aromatic carbocycles. The third-order valence-electron chi connectivity index (χ3n) is 6.95. The average Bonchev–Trinajstić information content (AvgIpc) is 3.34. The van der Waals surface area contributed by atoms with E-state index in [1.807, 2.05) is 45.1 Å². The molecule has 0 unspecified atom stereocenters. The van der Waals surface area contributed by atoms with Crippen LogP contribution in [0.25, 0.3) is 5.57 Å². The summed E-state index contributed by atoms with van der Waals surface area (Å²) >= 11 is 3.21. The number of carbonyl (C=O) groups is 2. The Morgan fingerprint density at radius 2 is 1.95 bits per heavy atom. The maximum Gasteiger partial charge on any atom is 0.341 e. The van der Waals surface area contributed by atoms with Crippen molar-refractivity contribution in [3.63, 3.8) is 0 Å². The summed E-state index contributed by atoms with van der Waals surface area (Å²) < 4.78 is 5.71. The van der Waals surface area contributed by atoms with Gasteiger partial charge in [0.2, 0.25) is 0 Å². The van der Waals surface area contributed by atoms with Gasteiger partial charge in [0.15, 0.2) is 0 Å². The molecule has 0 bridgehead atoms. The monoisotopic (exact) mass is 562 g/mol. The molecule has 2 amide bonds. The summed E-state index contributed by atoms with van der Waals surface area (Å²) in [5.41, 5.74) is 4.98. The fraction of sp³-hybridized carbons (Fsp3) is 0.433. The fourth-order valence-electron chi connectivity index (χ4n) is 5.22. The van der Waals surface area contributed by atoms with Crippen molar-refractivity contribution in [1.29, 1.82) is 5.26 Å². The van der Waals surface area contributed by atoms with Crippen LogP contribution in [0.1, 0.15) is 81.7 Å². The topological polar surface area (TPSA) is 103 Å². The summed E-state index contributed by atoms with van der Waals surface area (Å²) in [5.74, 6) is -0.382. The molecule has 3 heterocycles. The van der Waals surface area contributed by atoms with Gasteiger partial charge < -0.3 is 15.4 Å². The SMILES string of the molecule is CC(C)(C)OC(=O)c1c(NC(=O)NCc2c(C3=CC=CCC(C#N)=C3)sc3c2CCNC3)sc2c1CCCC2. The predicted molar refractivity (Wildman–Crippen MR) is 157 cm³/mol. The largest absolute Gasteiger partial charge is 0.456 e. The third kappa shape index (κ3) is 6.19. The molecule has 7 nitrogen and oxygen atoms in total. The van der Waals surface area contributed by atoms with E-state index >= 15 is 0 Å². The number of amides is 2. The van der Waals surface area contributed by atoms with Crippen LogP contribution in [0, 0.1) is 11.3 Å². The van der Waals surface area contributed by atoms with Crippen molar-refractivity contribution in [1.82, 2.24) is 10.6 Å². The lowest BCUT2D eigenvalue weighted by atomic mass is 9.95. The van der Waals surface area contributed by atoms with E-state index in [1.165, 1.54) is 21.8 Å². The van der Waals surface area contributed by atoms with Gasteiger partial charge in [0.25, 0.3) is 0 Å². The second kappa shape index (κ2) is 11.5. The molecule has 9 heteroatoms. The summed E-state index contributed by atoms with van der Waals surface area (Å²) in [4.78, 5) is 29.9. The van der Waals surface area contributed by atoms with E-state index in [1.54, 1.807) is 11.3 Å². The molecule has 0 atom stereocenters. The molecule has 5 rings (SSSR count). The highest BCUT2D eigenvalue weighted by Crippen LogP contribution is 2.40. The first kappa shape index (κ1) is 27.4. The molecule has 2 aromatic heterocycles. The quantitative estimate of drug-likeness (QED) is 0.366. The van der Waals surface area contributed by atoms with Crippen LogP contribution in [0.4, 0.5) is 9.80 Å². The van der Waals surface area contributed by atoms with E-state index in [4.69, 9.17) is 4.74 Å². The number of anilines is 1. The van der Waals surface area contributed by atoms with Crippen molar-refractivity contribution in [2.24, 2.45) is 0 Å². The Bertz CT molecular complexity index is 1430. The van der Waals surface area contributed by atoms with E-state index in [0.717, 1.165) is 71.6 Å². The van der Waals surface area contributed by atoms with E-state index < -0.39 is 5.60 Å². The minimum absolute atomic E-state index is 0.346. The van der Waals surface area contributed by atoms with Crippen LogP contribution >= 0.6 is 22.7 Å². The van der Waals surface area contributed by atoms with Gasteiger partial charge in [-0.05, 0) is 87.8 Å². The lowest BCUT2D eigenvalue weighted by Crippen LogP contribution is -2.30. The first-order valence-electron chi connectivity index (χ1n) is 13.5. The maximum absolute atomic E-state index is 13.2. The highest BCUT2D eigenvalue weighted by atomic mass is 32.1. The zero-order valence-corrected chi connectivity index (χ0v) is 24.3. The number of rotatable bonds is 5. The molecule has 2 aliphatic carbocycles. The standard InChI is InChI=1S/C30H34N4O3S2/c1-30(2,3)37-28(35)25-21-10-6-7-11-23(21)39-27(25)34-29(36)33-16-22-20-12-13-32-17-24(20)38-26(22)19-9-5-4-8-18(14-19)15-31/h4-5,9,14,32H,6-8,10-13,16-17H2,1-3H3,(H2,33,34,36). The minimum atomic E-state index is -0.620. The van der Waals surface area contributed by atoms with Crippen LogP contribution in [0.2, 0.25) is 0 Å². The van der Waals surface area contributed by atoms with Crippen molar-refractivity contribution in [3.05, 3.63) is 66.8 Å². The highest BCUT2D eigenvalue weighted by Gasteiger charge is 2.30. The van der Waals surface area contributed by atoms with Crippen LogP contribution in [-0.4, -0.2) is 24.1 Å². The van der Waals surface area contributed by atoms with Crippen LogP contribution < -0.4 is 16.0 Å². The molecule has 3 N–H and O–H groups in total. The third-order valence-corrected chi connectivity index (χ3v) is 9.48. The number of hydrogen-bond acceptors (Lipinski definition) is 7. The molecule has 3 aliphatic rings. The molecule has 0 saturated carbocycles. The van der Waals surface area contributed by atoms with Gasteiger partial charge in [-0.1, -0.05) is 18.2 Å². The van der Waals surface area contributed by atoms with Gasteiger partial charge in [-0.3, -0.25) is 5.32 Å². The van der Waals surface area contributed by atoms with E-state index in [9.17, 15) is 14.9 Å². The van der Waals surface area contributed by atoms with Gasteiger partial charge in [0.1, 0.15) is 10.6 Å². The van der Waals surface area contributed by atoms with Crippen molar-refractivity contribution in [2.75, 3.05) is 11.9 Å². The highest BCUT2D eigenvalue weighted by molar-refractivity contribution is 7.17. The summed E-state index contributed by atoms with van der Waals surface area (Å²) in [5, 5.41) is 19.6. The number of esters is 1. The Morgan fingerprint density at radius 3 is 2.74 bits per heavy atom. The molecule has 2 aromatic rings. The number of nitrogens with one attached hydrogen (secondary N) is 3. The molecule has 1 aliphatic heterocycles. The van der Waals surface area contributed by atoms with E-state index in [2.05, 4.69) is 22.0 Å². The van der Waals surface area contributed by atoms with E-state index in [0.29, 0.717) is 29.1 Å². The van der Waals surface area contributed by atoms with Gasteiger partial charge >= 0.3 is 12.0 Å². The minimum Gasteiger partial charge on any atom is -0.456 e. The van der Waals surface area contributed by atoms with Gasteiger partial charge in [0, 0.05) is 39.7 Å². The smallest absolute Gasteiger partial charge is 0.341 e. The Labute approximate surface area is 237 Å². The number of fused-ring (bicyclic) bond motifs is 2. The van der Waals surface area contributed by atoms with Crippen LogP contribution in [0.3, 0.4) is 0 Å². The van der Waals surface area contributed by atoms with Crippen LogP contribution in [0.15, 0.2) is 29.9 Å². The first-order valence-corrected chi connectivity index (χ1v) is 15.1. The molecule has 0 fully saturated rings. The van der Waals surface area contributed by atoms with Gasteiger partial charge in [0.05, 0.1) is 11.6 Å². The average molecular weight is 563 g/mol. The number of allylic oxidation sites excluding steroid dienone is 6. The Balaban J connectivity index is 1.39. The van der Waals surface area contributed by atoms with Crippen LogP contribution in [0.5, 0.6) is 0 Å². The first-order chi connectivity index (χ1) is 18.7. The molecule has 39 heavy (non-hydrogen) atoms. The van der Waals surface area contributed by atoms with E-state index in [-0.39, 0.29) is 12.0 Å². The molecule has 204 valence electrons. The van der Waals surface area contributed by atoms with Crippen molar-refractivity contribution in [2.45, 2.75) is 78.0 Å². The molecule has 0 radical (unpaired) electrons. The second-order valence-electron chi connectivity index (χ2n) is 11.0. The Kier molecular flexibility index (Phi) is 8.08. The Hall–Kier alpha value is -3.19. The van der Waals surface area contributed by atoms with Gasteiger partial charge in [-0.25, -0.2) is 9.59 Å². The molecular weight excluding hydrogens is 528 g/mol. The number of ether oxygens (including phenoxy) is 1.